The Labute approximate surface area is 229 Å². The number of hydrogen-bond acceptors (Lipinski definition) is 13. The summed E-state index contributed by atoms with van der Waals surface area (Å²) in [6.07, 6.45) is -4.82. The summed E-state index contributed by atoms with van der Waals surface area (Å²) >= 11 is 0. The van der Waals surface area contributed by atoms with Gasteiger partial charge >= 0.3 is 11.9 Å². The summed E-state index contributed by atoms with van der Waals surface area (Å²) < 4.78 is 32.5. The van der Waals surface area contributed by atoms with Gasteiger partial charge in [-0.25, -0.2) is 9.59 Å². The Balaban J connectivity index is 1.55. The van der Waals surface area contributed by atoms with Crippen LogP contribution in [0.2, 0.25) is 0 Å². The molecule has 5 N–H and O–H groups in total. The molecule has 1 aromatic carbocycles. The number of benzene rings is 1. The summed E-state index contributed by atoms with van der Waals surface area (Å²) in [6.45, 7) is -1.18. The van der Waals surface area contributed by atoms with E-state index in [9.17, 15) is 35.1 Å². The summed E-state index contributed by atoms with van der Waals surface area (Å²) in [4.78, 5) is 25.3. The lowest BCUT2D eigenvalue weighted by atomic mass is 9.82. The third-order valence-electron chi connectivity index (χ3n) is 7.03. The topological polar surface area (TPSA) is 191 Å². The standard InChI is InChI=1S/C27H32O13/c1-35-15-6-3-13(4-7-15)5-8-19(30)38-17-9-14(10-28)20-21(17)16(25(34)36-2)12-37-26(20)40-27-24(33)23(32)22(31)18(11-29)39-27/h3-9,12,17-18,20-24,26-29,31-33H,10-11H2,1-2H3/b8-5-/t17-,18-,20-,21+,22-,23+,24-,26+,27+/m1/s1. The first-order valence-corrected chi connectivity index (χ1v) is 12.5. The van der Waals surface area contributed by atoms with E-state index in [1.54, 1.807) is 24.3 Å². The molecule has 1 saturated heterocycles. The van der Waals surface area contributed by atoms with Crippen LogP contribution < -0.4 is 4.74 Å². The van der Waals surface area contributed by atoms with E-state index in [-0.39, 0.29) is 5.57 Å². The Morgan fingerprint density at radius 3 is 2.33 bits per heavy atom. The molecule has 1 aliphatic carbocycles. The number of methoxy groups -OCH3 is 2. The third-order valence-corrected chi connectivity index (χ3v) is 7.03. The summed E-state index contributed by atoms with van der Waals surface area (Å²) in [5.74, 6) is -2.64. The van der Waals surface area contributed by atoms with Crippen molar-refractivity contribution >= 4 is 18.0 Å². The van der Waals surface area contributed by atoms with E-state index in [2.05, 4.69) is 0 Å². The Morgan fingerprint density at radius 1 is 0.975 bits per heavy atom. The number of aliphatic hydroxyl groups excluding tert-OH is 5. The van der Waals surface area contributed by atoms with Crippen LogP contribution in [-0.4, -0.2) is 108 Å². The Kier molecular flexibility index (Phi) is 9.58. The minimum Gasteiger partial charge on any atom is -0.497 e. The molecule has 0 saturated carbocycles. The second-order valence-electron chi connectivity index (χ2n) is 9.36. The van der Waals surface area contributed by atoms with Crippen molar-refractivity contribution in [1.29, 1.82) is 0 Å². The van der Waals surface area contributed by atoms with Crippen molar-refractivity contribution in [1.82, 2.24) is 0 Å². The maximum absolute atomic E-state index is 12.7. The van der Waals surface area contributed by atoms with Gasteiger partial charge in [0.1, 0.15) is 36.3 Å². The van der Waals surface area contributed by atoms with Gasteiger partial charge in [0.2, 0.25) is 6.29 Å². The lowest BCUT2D eigenvalue weighted by molar-refractivity contribution is -0.340. The first kappa shape index (κ1) is 29.7. The maximum atomic E-state index is 12.7. The highest BCUT2D eigenvalue weighted by Crippen LogP contribution is 2.45. The summed E-state index contributed by atoms with van der Waals surface area (Å²) in [7, 11) is 2.71. The van der Waals surface area contributed by atoms with Crippen LogP contribution in [0.5, 0.6) is 5.75 Å². The molecule has 3 aliphatic rings. The highest BCUT2D eigenvalue weighted by molar-refractivity contribution is 5.90. The molecule has 13 nitrogen and oxygen atoms in total. The van der Waals surface area contributed by atoms with E-state index in [1.807, 2.05) is 0 Å². The average Bonchev–Trinajstić information content (AvgIpc) is 3.34. The van der Waals surface area contributed by atoms with Crippen molar-refractivity contribution in [3.8, 4) is 5.75 Å². The van der Waals surface area contributed by atoms with Gasteiger partial charge in [-0.3, -0.25) is 0 Å². The fourth-order valence-corrected chi connectivity index (χ4v) is 4.93. The van der Waals surface area contributed by atoms with Crippen LogP contribution in [0.15, 0.2) is 53.8 Å². The van der Waals surface area contributed by atoms with Gasteiger partial charge in [-0.05, 0) is 35.4 Å². The van der Waals surface area contributed by atoms with Gasteiger partial charge in [0, 0.05) is 12.0 Å². The van der Waals surface area contributed by atoms with Crippen LogP contribution in [0.25, 0.3) is 6.08 Å². The van der Waals surface area contributed by atoms with Crippen LogP contribution in [-0.2, 0) is 33.3 Å². The predicted octanol–water partition coefficient (Wildman–Crippen LogP) is -0.985. The highest BCUT2D eigenvalue weighted by Gasteiger charge is 2.53. The fraction of sp³-hybridized carbons (Fsp3) is 0.481. The first-order valence-electron chi connectivity index (χ1n) is 12.5. The summed E-state index contributed by atoms with van der Waals surface area (Å²) in [5.41, 5.74) is 1.03. The van der Waals surface area contributed by atoms with Gasteiger partial charge in [-0.2, -0.15) is 0 Å². The SMILES string of the molecule is COC(=O)C1=CO[C@@H](O[C@@H]2O[C@H](CO)[C@@H](O)[C@H](O)[C@H]2O)[C@@H]2C(CO)=C[C@@H](OC(=O)/C=C\c3ccc(OC)cc3)[C@H]12. The molecule has 13 heteroatoms. The number of esters is 2. The van der Waals surface area contributed by atoms with E-state index in [0.717, 1.165) is 6.26 Å². The Morgan fingerprint density at radius 2 is 1.70 bits per heavy atom. The van der Waals surface area contributed by atoms with E-state index < -0.39 is 80.1 Å². The molecule has 1 fully saturated rings. The molecule has 4 rings (SSSR count). The first-order chi connectivity index (χ1) is 19.2. The molecule has 0 spiro atoms. The van der Waals surface area contributed by atoms with Gasteiger partial charge in [0.25, 0.3) is 0 Å². The Bertz CT molecular complexity index is 1140. The fourth-order valence-electron chi connectivity index (χ4n) is 4.93. The van der Waals surface area contributed by atoms with Crippen molar-refractivity contribution in [2.24, 2.45) is 11.8 Å². The largest absolute Gasteiger partial charge is 0.497 e. The average molecular weight is 565 g/mol. The van der Waals surface area contributed by atoms with Gasteiger partial charge in [0.15, 0.2) is 6.29 Å². The number of hydrogen-bond donors (Lipinski definition) is 5. The van der Waals surface area contributed by atoms with Crippen LogP contribution in [0.3, 0.4) is 0 Å². The molecule has 0 bridgehead atoms. The van der Waals surface area contributed by atoms with Crippen LogP contribution in [0.4, 0.5) is 0 Å². The summed E-state index contributed by atoms with van der Waals surface area (Å²) in [5, 5.41) is 50.2. The number of aliphatic hydroxyl groups is 5. The van der Waals surface area contributed by atoms with Gasteiger partial charge in [-0.15, -0.1) is 0 Å². The van der Waals surface area contributed by atoms with E-state index in [4.69, 9.17) is 28.4 Å². The van der Waals surface area contributed by atoms with Crippen molar-refractivity contribution in [3.05, 3.63) is 59.4 Å². The zero-order valence-electron chi connectivity index (χ0n) is 21.7. The molecule has 0 radical (unpaired) electrons. The number of ether oxygens (including phenoxy) is 6. The molecule has 0 amide bonds. The van der Waals surface area contributed by atoms with Crippen molar-refractivity contribution < 1.29 is 63.5 Å². The summed E-state index contributed by atoms with van der Waals surface area (Å²) in [6, 6.07) is 6.95. The molecule has 1 aromatic rings. The maximum Gasteiger partial charge on any atom is 0.337 e. The molecular weight excluding hydrogens is 532 g/mol. The van der Waals surface area contributed by atoms with Crippen molar-refractivity contribution in [3.63, 3.8) is 0 Å². The lowest BCUT2D eigenvalue weighted by Crippen LogP contribution is -2.60. The second kappa shape index (κ2) is 12.9. The minimum atomic E-state index is -1.72. The predicted molar refractivity (Wildman–Crippen MR) is 134 cm³/mol. The smallest absolute Gasteiger partial charge is 0.337 e. The second-order valence-corrected chi connectivity index (χ2v) is 9.36. The van der Waals surface area contributed by atoms with E-state index in [1.165, 1.54) is 32.4 Å². The zero-order chi connectivity index (χ0) is 29.0. The molecule has 0 unspecified atom stereocenters. The van der Waals surface area contributed by atoms with Gasteiger partial charge in [-0.1, -0.05) is 12.1 Å². The van der Waals surface area contributed by atoms with Gasteiger partial charge < -0.3 is 54.0 Å². The van der Waals surface area contributed by atoms with Crippen LogP contribution >= 0.6 is 0 Å². The normalized spacial score (nSPS) is 33.4. The Hall–Kier alpha value is -3.30. The van der Waals surface area contributed by atoms with Gasteiger partial charge in [0.05, 0.1) is 45.2 Å². The zero-order valence-corrected chi connectivity index (χ0v) is 21.7. The highest BCUT2D eigenvalue weighted by atomic mass is 16.8. The van der Waals surface area contributed by atoms with E-state index in [0.29, 0.717) is 16.9 Å². The number of carbonyl (C=O) groups excluding carboxylic acids is 2. The molecule has 2 aliphatic heterocycles. The van der Waals surface area contributed by atoms with Crippen molar-refractivity contribution in [2.45, 2.75) is 43.1 Å². The molecule has 2 heterocycles. The van der Waals surface area contributed by atoms with E-state index >= 15 is 0 Å². The molecule has 9 atom stereocenters. The monoisotopic (exact) mass is 564 g/mol. The minimum absolute atomic E-state index is 0.0118. The molecule has 40 heavy (non-hydrogen) atoms. The quantitative estimate of drug-likeness (QED) is 0.140. The molecule has 218 valence electrons. The van der Waals surface area contributed by atoms with Crippen LogP contribution in [0, 0.1) is 11.8 Å². The number of rotatable bonds is 9. The molecular formula is C27H32O13. The lowest BCUT2D eigenvalue weighted by Gasteiger charge is -2.43. The number of fused-ring (bicyclic) bond motifs is 1. The number of carbonyl (C=O) groups is 2. The van der Waals surface area contributed by atoms with Crippen molar-refractivity contribution in [2.75, 3.05) is 27.4 Å². The van der Waals surface area contributed by atoms with Crippen LogP contribution in [0.1, 0.15) is 5.56 Å². The molecule has 0 aromatic heterocycles. The third kappa shape index (κ3) is 6.05.